The van der Waals surface area contributed by atoms with Crippen molar-refractivity contribution in [2.24, 2.45) is 5.92 Å². The third-order valence-corrected chi connectivity index (χ3v) is 3.18. The van der Waals surface area contributed by atoms with Crippen molar-refractivity contribution in [1.82, 2.24) is 0 Å². The minimum Gasteiger partial charge on any atom is -0.393 e. The smallest absolute Gasteiger partial charge is 0.0615 e. The maximum atomic E-state index is 9.84. The van der Waals surface area contributed by atoms with Crippen LogP contribution in [0.1, 0.15) is 17.5 Å². The molecule has 2 atom stereocenters. The molecule has 1 N–H and O–H groups in total. The van der Waals surface area contributed by atoms with Crippen LogP contribution in [-0.4, -0.2) is 24.4 Å². The van der Waals surface area contributed by atoms with Crippen molar-refractivity contribution < 1.29 is 9.84 Å². The van der Waals surface area contributed by atoms with Crippen LogP contribution in [0.3, 0.4) is 0 Å². The van der Waals surface area contributed by atoms with Crippen molar-refractivity contribution in [3.63, 3.8) is 0 Å². The van der Waals surface area contributed by atoms with Gasteiger partial charge in [0.2, 0.25) is 0 Å². The summed E-state index contributed by atoms with van der Waals surface area (Å²) in [6.07, 6.45) is 1.50. The van der Waals surface area contributed by atoms with Crippen LogP contribution >= 0.6 is 0 Å². The van der Waals surface area contributed by atoms with Gasteiger partial charge in [-0.25, -0.2) is 0 Å². The van der Waals surface area contributed by atoms with Crippen LogP contribution in [0.2, 0.25) is 0 Å². The van der Waals surface area contributed by atoms with Gasteiger partial charge in [0, 0.05) is 12.5 Å². The summed E-state index contributed by atoms with van der Waals surface area (Å²) >= 11 is 0. The molecule has 2 unspecified atom stereocenters. The van der Waals surface area contributed by atoms with E-state index in [0.717, 1.165) is 12.8 Å². The van der Waals surface area contributed by atoms with Gasteiger partial charge >= 0.3 is 0 Å². The van der Waals surface area contributed by atoms with E-state index in [1.165, 1.54) is 11.1 Å². The van der Waals surface area contributed by atoms with Crippen LogP contribution in [0.4, 0.5) is 0 Å². The fourth-order valence-corrected chi connectivity index (χ4v) is 2.10. The Bertz CT molecular complexity index is 322. The number of ether oxygens (including phenoxy) is 1. The summed E-state index contributed by atoms with van der Waals surface area (Å²) in [4.78, 5) is 0. The van der Waals surface area contributed by atoms with Crippen molar-refractivity contribution in [2.45, 2.75) is 25.9 Å². The summed E-state index contributed by atoms with van der Waals surface area (Å²) in [5, 5.41) is 9.84. The summed E-state index contributed by atoms with van der Waals surface area (Å²) in [5.41, 5.74) is 2.63. The number of aliphatic hydroxyl groups is 1. The third kappa shape index (κ3) is 2.58. The minimum atomic E-state index is -0.196. The van der Waals surface area contributed by atoms with E-state index in [9.17, 15) is 5.11 Å². The van der Waals surface area contributed by atoms with Crippen LogP contribution in [-0.2, 0) is 11.2 Å². The summed E-state index contributed by atoms with van der Waals surface area (Å²) in [6, 6.07) is 8.35. The van der Waals surface area contributed by atoms with Crippen LogP contribution in [0.5, 0.6) is 0 Å². The highest BCUT2D eigenvalue weighted by atomic mass is 16.5. The Balaban J connectivity index is 2.04. The zero-order valence-electron chi connectivity index (χ0n) is 9.15. The first-order chi connectivity index (χ1) is 7.27. The van der Waals surface area contributed by atoms with Gasteiger partial charge in [0.1, 0.15) is 0 Å². The average Bonchev–Trinajstić information content (AvgIpc) is 2.24. The Morgan fingerprint density at radius 2 is 2.20 bits per heavy atom. The lowest BCUT2D eigenvalue weighted by atomic mass is 9.90. The van der Waals surface area contributed by atoms with Crippen LogP contribution in [0.25, 0.3) is 0 Å². The zero-order chi connectivity index (χ0) is 10.7. The zero-order valence-corrected chi connectivity index (χ0v) is 9.15. The number of rotatable bonds is 2. The molecule has 1 aromatic rings. The average molecular weight is 206 g/mol. The number of aliphatic hydroxyl groups excluding tert-OH is 1. The van der Waals surface area contributed by atoms with Gasteiger partial charge in [0.05, 0.1) is 12.7 Å². The number of hydrogen-bond acceptors (Lipinski definition) is 2. The van der Waals surface area contributed by atoms with E-state index in [2.05, 4.69) is 25.1 Å². The Kier molecular flexibility index (Phi) is 3.39. The maximum Gasteiger partial charge on any atom is 0.0615 e. The van der Waals surface area contributed by atoms with Gasteiger partial charge in [0.25, 0.3) is 0 Å². The van der Waals surface area contributed by atoms with E-state index in [-0.39, 0.29) is 12.0 Å². The van der Waals surface area contributed by atoms with E-state index in [4.69, 9.17) is 4.74 Å². The number of benzene rings is 1. The first kappa shape index (κ1) is 10.7. The van der Waals surface area contributed by atoms with E-state index in [0.29, 0.717) is 13.2 Å². The van der Waals surface area contributed by atoms with Crippen LogP contribution < -0.4 is 0 Å². The topological polar surface area (TPSA) is 29.5 Å². The van der Waals surface area contributed by atoms with Crippen molar-refractivity contribution in [3.05, 3.63) is 35.4 Å². The van der Waals surface area contributed by atoms with Crippen molar-refractivity contribution in [3.8, 4) is 0 Å². The quantitative estimate of drug-likeness (QED) is 0.801. The molecule has 1 aliphatic rings. The Morgan fingerprint density at radius 3 is 2.93 bits per heavy atom. The molecule has 0 saturated carbocycles. The van der Waals surface area contributed by atoms with Gasteiger partial charge in [-0.15, -0.1) is 0 Å². The van der Waals surface area contributed by atoms with E-state index in [1.54, 1.807) is 0 Å². The largest absolute Gasteiger partial charge is 0.393 e. The first-order valence-corrected chi connectivity index (χ1v) is 5.57. The SMILES string of the molecule is Cc1ccccc1CC1COCCC1O. The maximum absolute atomic E-state index is 9.84. The van der Waals surface area contributed by atoms with Crippen molar-refractivity contribution in [1.29, 1.82) is 0 Å². The molecule has 2 nitrogen and oxygen atoms in total. The summed E-state index contributed by atoms with van der Waals surface area (Å²) < 4.78 is 5.40. The molecule has 0 amide bonds. The molecule has 82 valence electrons. The lowest BCUT2D eigenvalue weighted by molar-refractivity contribution is -0.0351. The van der Waals surface area contributed by atoms with Crippen LogP contribution in [0, 0.1) is 12.8 Å². The van der Waals surface area contributed by atoms with Crippen LogP contribution in [0.15, 0.2) is 24.3 Å². The molecule has 0 aliphatic carbocycles. The van der Waals surface area contributed by atoms with E-state index >= 15 is 0 Å². The van der Waals surface area contributed by atoms with Gasteiger partial charge < -0.3 is 9.84 Å². The normalized spacial score (nSPS) is 26.5. The fourth-order valence-electron chi connectivity index (χ4n) is 2.10. The highest BCUT2D eigenvalue weighted by Crippen LogP contribution is 2.21. The van der Waals surface area contributed by atoms with Gasteiger partial charge in [-0.2, -0.15) is 0 Å². The molecule has 1 fully saturated rings. The monoisotopic (exact) mass is 206 g/mol. The lowest BCUT2D eigenvalue weighted by Gasteiger charge is -2.28. The molecule has 0 spiro atoms. The Hall–Kier alpha value is -0.860. The van der Waals surface area contributed by atoms with Crippen molar-refractivity contribution >= 4 is 0 Å². The highest BCUT2D eigenvalue weighted by molar-refractivity contribution is 5.26. The highest BCUT2D eigenvalue weighted by Gasteiger charge is 2.24. The predicted molar refractivity (Wildman–Crippen MR) is 59.8 cm³/mol. The van der Waals surface area contributed by atoms with Gasteiger partial charge in [0.15, 0.2) is 0 Å². The van der Waals surface area contributed by atoms with Crippen molar-refractivity contribution in [2.75, 3.05) is 13.2 Å². The van der Waals surface area contributed by atoms with E-state index < -0.39 is 0 Å². The molecule has 15 heavy (non-hydrogen) atoms. The molecular formula is C13H18O2. The molecule has 1 aliphatic heterocycles. The second-order valence-electron chi connectivity index (χ2n) is 4.32. The molecule has 1 saturated heterocycles. The summed E-state index contributed by atoms with van der Waals surface area (Å²) in [6.45, 7) is 3.51. The second kappa shape index (κ2) is 4.77. The summed E-state index contributed by atoms with van der Waals surface area (Å²) in [5.74, 6) is 0.264. The third-order valence-electron chi connectivity index (χ3n) is 3.18. The second-order valence-corrected chi connectivity index (χ2v) is 4.32. The molecule has 1 heterocycles. The van der Waals surface area contributed by atoms with Gasteiger partial charge in [-0.3, -0.25) is 0 Å². The van der Waals surface area contributed by atoms with E-state index in [1.807, 2.05) is 6.07 Å². The molecule has 2 rings (SSSR count). The molecule has 2 heteroatoms. The molecule has 0 aromatic heterocycles. The fraction of sp³-hybridized carbons (Fsp3) is 0.538. The van der Waals surface area contributed by atoms with Gasteiger partial charge in [-0.1, -0.05) is 24.3 Å². The predicted octanol–water partition coefficient (Wildman–Crippen LogP) is 1.93. The van der Waals surface area contributed by atoms with Gasteiger partial charge in [-0.05, 0) is 30.9 Å². The first-order valence-electron chi connectivity index (χ1n) is 5.57. The lowest BCUT2D eigenvalue weighted by Crippen LogP contribution is -2.33. The summed E-state index contributed by atoms with van der Waals surface area (Å²) in [7, 11) is 0. The Morgan fingerprint density at radius 1 is 1.40 bits per heavy atom. The minimum absolute atomic E-state index is 0.196. The molecular weight excluding hydrogens is 188 g/mol. The molecule has 1 aromatic carbocycles. The Labute approximate surface area is 90.9 Å². The number of hydrogen-bond donors (Lipinski definition) is 1. The number of aryl methyl sites for hydroxylation is 1. The standard InChI is InChI=1S/C13H18O2/c1-10-4-2-3-5-11(10)8-12-9-15-7-6-13(12)14/h2-5,12-14H,6-9H2,1H3. The molecule has 0 bridgehead atoms. The molecule has 0 radical (unpaired) electrons.